The molecule has 0 saturated heterocycles. The third kappa shape index (κ3) is 4.17. The van der Waals surface area contributed by atoms with Gasteiger partial charge in [-0.15, -0.1) is 11.3 Å². The van der Waals surface area contributed by atoms with Gasteiger partial charge in [-0.1, -0.05) is 35.9 Å². The Balaban J connectivity index is 1.57. The van der Waals surface area contributed by atoms with Gasteiger partial charge < -0.3 is 10.1 Å². The van der Waals surface area contributed by atoms with Gasteiger partial charge in [0.05, 0.1) is 11.3 Å². The lowest BCUT2D eigenvalue weighted by Crippen LogP contribution is -2.05. The number of anilines is 2. The van der Waals surface area contributed by atoms with Gasteiger partial charge in [0.25, 0.3) is 0 Å². The Kier molecular flexibility index (Phi) is 4.68. The van der Waals surface area contributed by atoms with E-state index in [-0.39, 0.29) is 12.6 Å². The number of carbonyl (C=O) groups excluding carboxylic acids is 1. The Hall–Kier alpha value is -2.66. The molecule has 1 N–H and O–H groups in total. The molecule has 0 amide bonds. The van der Waals surface area contributed by atoms with Gasteiger partial charge in [-0.3, -0.25) is 0 Å². The molecule has 0 aliphatic heterocycles. The van der Waals surface area contributed by atoms with E-state index in [0.717, 1.165) is 16.5 Å². The van der Waals surface area contributed by atoms with E-state index in [9.17, 15) is 4.79 Å². The van der Waals surface area contributed by atoms with Crippen molar-refractivity contribution in [3.8, 4) is 0 Å². The molecule has 1 aromatic heterocycles. The minimum absolute atomic E-state index is 0.166. The summed E-state index contributed by atoms with van der Waals surface area (Å²) in [6.45, 7) is 2.21. The predicted octanol–water partition coefficient (Wildman–Crippen LogP) is 4.55. The summed E-state index contributed by atoms with van der Waals surface area (Å²) in [5, 5.41) is 5.90. The summed E-state index contributed by atoms with van der Waals surface area (Å²) in [5.74, 6) is -0.341. The van der Waals surface area contributed by atoms with Crippen LogP contribution in [0.5, 0.6) is 0 Å². The summed E-state index contributed by atoms with van der Waals surface area (Å²) < 4.78 is 5.27. The second-order valence-electron chi connectivity index (χ2n) is 5.08. The number of aryl methyl sites for hydroxylation is 1. The highest BCUT2D eigenvalue weighted by atomic mass is 32.1. The van der Waals surface area contributed by atoms with Crippen molar-refractivity contribution in [2.24, 2.45) is 0 Å². The van der Waals surface area contributed by atoms with Crippen molar-refractivity contribution in [1.29, 1.82) is 0 Å². The molecule has 2 aromatic carbocycles. The number of carbonyl (C=O) groups is 1. The molecule has 0 unspecified atom stereocenters. The lowest BCUT2D eigenvalue weighted by atomic mass is 10.2. The van der Waals surface area contributed by atoms with Gasteiger partial charge in [-0.2, -0.15) is 0 Å². The molecule has 0 saturated carbocycles. The Bertz CT molecular complexity index is 782. The number of hydrogen-bond acceptors (Lipinski definition) is 5. The zero-order chi connectivity index (χ0) is 16.1. The highest BCUT2D eigenvalue weighted by molar-refractivity contribution is 7.13. The molecule has 116 valence electrons. The van der Waals surface area contributed by atoms with Crippen LogP contribution in [0.25, 0.3) is 0 Å². The van der Waals surface area contributed by atoms with Crippen molar-refractivity contribution in [2.45, 2.75) is 13.5 Å². The van der Waals surface area contributed by atoms with Crippen molar-refractivity contribution in [2.75, 3.05) is 5.32 Å². The zero-order valence-corrected chi connectivity index (χ0v) is 13.5. The van der Waals surface area contributed by atoms with Gasteiger partial charge in [-0.05, 0) is 31.2 Å². The summed E-state index contributed by atoms with van der Waals surface area (Å²) in [7, 11) is 0. The normalized spacial score (nSPS) is 10.3. The highest BCUT2D eigenvalue weighted by Gasteiger charge is 2.08. The maximum absolute atomic E-state index is 11.9. The Labute approximate surface area is 138 Å². The molecule has 0 atom stereocenters. The molecule has 3 aromatic rings. The standard InChI is InChI=1S/C18H16N2O2S/c1-13-7-9-15(10-8-13)19-18-20-16(12-23-18)11-22-17(21)14-5-3-2-4-6-14/h2-10,12H,11H2,1H3,(H,19,20). The van der Waals surface area contributed by atoms with E-state index in [1.807, 2.05) is 54.8 Å². The molecule has 0 aliphatic rings. The second-order valence-corrected chi connectivity index (χ2v) is 5.94. The summed E-state index contributed by atoms with van der Waals surface area (Å²) in [6.07, 6.45) is 0. The summed E-state index contributed by atoms with van der Waals surface area (Å²) in [4.78, 5) is 16.3. The lowest BCUT2D eigenvalue weighted by Gasteiger charge is -2.03. The van der Waals surface area contributed by atoms with Crippen molar-refractivity contribution in [3.05, 3.63) is 76.8 Å². The van der Waals surface area contributed by atoms with Crippen LogP contribution in [0.4, 0.5) is 10.8 Å². The zero-order valence-electron chi connectivity index (χ0n) is 12.7. The first-order chi connectivity index (χ1) is 11.2. The first-order valence-corrected chi connectivity index (χ1v) is 8.09. The van der Waals surface area contributed by atoms with Crippen LogP contribution in [0.3, 0.4) is 0 Å². The molecule has 0 spiro atoms. The fourth-order valence-corrected chi connectivity index (χ4v) is 2.70. The molecule has 0 bridgehead atoms. The van der Waals surface area contributed by atoms with Gasteiger partial charge in [0.15, 0.2) is 5.13 Å². The number of rotatable bonds is 5. The number of nitrogens with one attached hydrogen (secondary N) is 1. The first-order valence-electron chi connectivity index (χ1n) is 7.21. The molecule has 0 radical (unpaired) electrons. The molecule has 0 fully saturated rings. The van der Waals surface area contributed by atoms with Gasteiger partial charge in [-0.25, -0.2) is 9.78 Å². The van der Waals surface area contributed by atoms with Crippen LogP contribution < -0.4 is 5.32 Å². The average Bonchev–Trinajstić information content (AvgIpc) is 3.03. The smallest absolute Gasteiger partial charge is 0.338 e. The first kappa shape index (κ1) is 15.2. The fraction of sp³-hybridized carbons (Fsp3) is 0.111. The number of ether oxygens (including phenoxy) is 1. The van der Waals surface area contributed by atoms with Crippen LogP contribution in [0.2, 0.25) is 0 Å². The van der Waals surface area contributed by atoms with Crippen LogP contribution in [-0.4, -0.2) is 11.0 Å². The molecule has 0 aliphatic carbocycles. The van der Waals surface area contributed by atoms with Gasteiger partial charge in [0, 0.05) is 11.1 Å². The summed E-state index contributed by atoms with van der Waals surface area (Å²) in [5.41, 5.74) is 3.47. The van der Waals surface area contributed by atoms with E-state index in [4.69, 9.17) is 4.74 Å². The van der Waals surface area contributed by atoms with Crippen LogP contribution in [-0.2, 0) is 11.3 Å². The van der Waals surface area contributed by atoms with Gasteiger partial charge in [0.1, 0.15) is 6.61 Å². The fourth-order valence-electron chi connectivity index (χ4n) is 1.99. The van der Waals surface area contributed by atoms with Crippen LogP contribution in [0.1, 0.15) is 21.6 Å². The van der Waals surface area contributed by atoms with E-state index in [1.54, 1.807) is 12.1 Å². The van der Waals surface area contributed by atoms with Crippen molar-refractivity contribution >= 4 is 28.1 Å². The molecule has 3 rings (SSSR count). The number of benzene rings is 2. The number of hydrogen-bond donors (Lipinski definition) is 1. The Morgan fingerprint density at radius 2 is 1.87 bits per heavy atom. The third-order valence-electron chi connectivity index (χ3n) is 3.22. The average molecular weight is 324 g/mol. The Morgan fingerprint density at radius 3 is 2.61 bits per heavy atom. The van der Waals surface area contributed by atoms with Crippen LogP contribution in [0.15, 0.2) is 60.0 Å². The summed E-state index contributed by atoms with van der Waals surface area (Å²) >= 11 is 1.48. The minimum Gasteiger partial charge on any atom is -0.456 e. The van der Waals surface area contributed by atoms with Gasteiger partial charge in [0.2, 0.25) is 0 Å². The van der Waals surface area contributed by atoms with E-state index in [0.29, 0.717) is 5.56 Å². The van der Waals surface area contributed by atoms with E-state index in [2.05, 4.69) is 10.3 Å². The van der Waals surface area contributed by atoms with Crippen molar-refractivity contribution < 1.29 is 9.53 Å². The predicted molar refractivity (Wildman–Crippen MR) is 92.1 cm³/mol. The number of esters is 1. The van der Waals surface area contributed by atoms with Crippen LogP contribution >= 0.6 is 11.3 Å². The Morgan fingerprint density at radius 1 is 1.13 bits per heavy atom. The second kappa shape index (κ2) is 7.07. The maximum atomic E-state index is 11.9. The van der Waals surface area contributed by atoms with E-state index < -0.39 is 0 Å². The highest BCUT2D eigenvalue weighted by Crippen LogP contribution is 2.21. The largest absolute Gasteiger partial charge is 0.456 e. The number of thiazole rings is 1. The molecule has 1 heterocycles. The number of nitrogens with zero attached hydrogens (tertiary/aromatic N) is 1. The third-order valence-corrected chi connectivity index (χ3v) is 4.02. The monoisotopic (exact) mass is 324 g/mol. The van der Waals surface area contributed by atoms with Crippen LogP contribution in [0, 0.1) is 6.92 Å². The molecular formula is C18H16N2O2S. The molecule has 23 heavy (non-hydrogen) atoms. The topological polar surface area (TPSA) is 51.2 Å². The van der Waals surface area contributed by atoms with E-state index in [1.165, 1.54) is 16.9 Å². The molecule has 5 heteroatoms. The van der Waals surface area contributed by atoms with E-state index >= 15 is 0 Å². The quantitative estimate of drug-likeness (QED) is 0.699. The van der Waals surface area contributed by atoms with Crippen molar-refractivity contribution in [3.63, 3.8) is 0 Å². The minimum atomic E-state index is -0.341. The van der Waals surface area contributed by atoms with Gasteiger partial charge >= 0.3 is 5.97 Å². The SMILES string of the molecule is Cc1ccc(Nc2nc(COC(=O)c3ccccc3)cs2)cc1. The number of aromatic nitrogens is 1. The lowest BCUT2D eigenvalue weighted by molar-refractivity contribution is 0.0468. The maximum Gasteiger partial charge on any atom is 0.338 e. The molecular weight excluding hydrogens is 308 g/mol. The molecule has 4 nitrogen and oxygen atoms in total. The van der Waals surface area contributed by atoms with Crippen molar-refractivity contribution in [1.82, 2.24) is 4.98 Å². The summed E-state index contributed by atoms with van der Waals surface area (Å²) in [6, 6.07) is 17.0.